The minimum atomic E-state index is -0.805. The van der Waals surface area contributed by atoms with Gasteiger partial charge >= 0.3 is 0 Å². The molecule has 0 radical (unpaired) electrons. The van der Waals surface area contributed by atoms with Crippen molar-refractivity contribution in [3.8, 4) is 39.3 Å². The molecule has 12 rings (SSSR count). The van der Waals surface area contributed by atoms with Crippen molar-refractivity contribution in [2.45, 2.75) is 0 Å². The van der Waals surface area contributed by atoms with Crippen molar-refractivity contribution in [1.29, 1.82) is 0 Å². The summed E-state index contributed by atoms with van der Waals surface area (Å²) in [6.45, 7) is 0. The van der Waals surface area contributed by atoms with Crippen molar-refractivity contribution >= 4 is 65.4 Å². The summed E-state index contributed by atoms with van der Waals surface area (Å²) in [5.41, 5.74) is 3.55. The number of fused-ring (bicyclic) bond motifs is 9. The van der Waals surface area contributed by atoms with Gasteiger partial charge < -0.3 is 13.7 Å². The molecule has 57 heavy (non-hydrogen) atoms. The molecule has 3 nitrogen and oxygen atoms in total. The van der Waals surface area contributed by atoms with E-state index in [1.54, 1.807) is 18.2 Å². The largest absolute Gasteiger partial charge is 0.309 e. The number of aromatic nitrogens is 3. The Morgan fingerprint density at radius 2 is 0.825 bits per heavy atom. The van der Waals surface area contributed by atoms with Crippen molar-refractivity contribution < 1.29 is 19.2 Å². The molecule has 0 saturated carbocycles. The Bertz CT molecular complexity index is 4280. The molecule has 3 aromatic heterocycles. The van der Waals surface area contributed by atoms with Gasteiger partial charge in [-0.3, -0.25) is 0 Å². The summed E-state index contributed by atoms with van der Waals surface area (Å²) >= 11 is 0. The molecule has 266 valence electrons. The number of para-hydroxylation sites is 5. The van der Waals surface area contributed by atoms with Crippen molar-refractivity contribution in [3.63, 3.8) is 0 Å². The van der Waals surface area contributed by atoms with Gasteiger partial charge in [0.05, 0.1) is 63.7 Å². The van der Waals surface area contributed by atoms with E-state index >= 15 is 0 Å². The lowest BCUT2D eigenvalue weighted by atomic mass is 9.99. The van der Waals surface area contributed by atoms with Gasteiger partial charge in [0.1, 0.15) is 0 Å². The van der Waals surface area contributed by atoms with Crippen molar-refractivity contribution in [2.75, 3.05) is 0 Å². The molecule has 0 atom stereocenters. The van der Waals surface area contributed by atoms with Gasteiger partial charge in [0, 0.05) is 38.0 Å². The normalized spacial score (nSPS) is 15.3. The molecular formula is C54H35N3. The fourth-order valence-corrected chi connectivity index (χ4v) is 8.49. The van der Waals surface area contributed by atoms with Crippen LogP contribution in [-0.2, 0) is 0 Å². The number of benzene rings is 9. The molecule has 0 aliphatic heterocycles. The Morgan fingerprint density at radius 1 is 0.316 bits per heavy atom. The lowest BCUT2D eigenvalue weighted by Gasteiger charge is -2.16. The molecule has 0 unspecified atom stereocenters. The predicted octanol–water partition coefficient (Wildman–Crippen LogP) is 14.3. The third-order valence-corrected chi connectivity index (χ3v) is 10.8. The Balaban J connectivity index is 1.20. The van der Waals surface area contributed by atoms with Crippen LogP contribution >= 0.6 is 0 Å². The van der Waals surface area contributed by atoms with Crippen LogP contribution in [0, 0.1) is 0 Å². The molecule has 12 aromatic rings. The number of hydrogen-bond acceptors (Lipinski definition) is 0. The first kappa shape index (κ1) is 20.9. The van der Waals surface area contributed by atoms with E-state index in [0.29, 0.717) is 22.0 Å². The minimum absolute atomic E-state index is 0.00278. The fourth-order valence-electron chi connectivity index (χ4n) is 8.49. The maximum absolute atomic E-state index is 9.93. The highest BCUT2D eigenvalue weighted by Crippen LogP contribution is 2.43. The summed E-state index contributed by atoms with van der Waals surface area (Å²) in [6.07, 6.45) is 0. The van der Waals surface area contributed by atoms with Crippen LogP contribution in [0.5, 0.6) is 0 Å². The van der Waals surface area contributed by atoms with E-state index in [4.69, 9.17) is 11.0 Å². The van der Waals surface area contributed by atoms with E-state index in [2.05, 4.69) is 51.6 Å². The summed E-state index contributed by atoms with van der Waals surface area (Å²) < 4.78 is 132. The molecule has 0 aliphatic carbocycles. The first-order valence-electron chi connectivity index (χ1n) is 25.5. The molecule has 0 bridgehead atoms. The maximum Gasteiger partial charge on any atom is 0.0782 e. The van der Waals surface area contributed by atoms with Gasteiger partial charge in [-0.1, -0.05) is 151 Å². The quantitative estimate of drug-likeness (QED) is 0.167. The van der Waals surface area contributed by atoms with E-state index in [1.807, 2.05) is 66.7 Å². The van der Waals surface area contributed by atoms with Crippen LogP contribution in [-0.4, -0.2) is 13.7 Å². The first-order chi connectivity index (χ1) is 34.1. The summed E-state index contributed by atoms with van der Waals surface area (Å²) in [5.74, 6) is 0. The van der Waals surface area contributed by atoms with Gasteiger partial charge in [-0.25, -0.2) is 0 Å². The lowest BCUT2D eigenvalue weighted by Crippen LogP contribution is -2.01. The molecule has 0 N–H and O–H groups in total. The zero-order valence-corrected chi connectivity index (χ0v) is 30.0. The van der Waals surface area contributed by atoms with Gasteiger partial charge in [0.2, 0.25) is 0 Å². The smallest absolute Gasteiger partial charge is 0.0782 e. The molecule has 0 spiro atoms. The summed E-state index contributed by atoms with van der Waals surface area (Å²) in [5, 5.41) is 5.33. The van der Waals surface area contributed by atoms with E-state index in [-0.39, 0.29) is 17.2 Å². The zero-order valence-electron chi connectivity index (χ0n) is 44.0. The van der Waals surface area contributed by atoms with E-state index in [0.717, 1.165) is 49.3 Å². The Labute approximate surface area is 349 Å². The Kier molecular flexibility index (Phi) is 4.57. The van der Waals surface area contributed by atoms with Crippen LogP contribution in [0.2, 0.25) is 0 Å². The first-order valence-corrected chi connectivity index (χ1v) is 18.5. The van der Waals surface area contributed by atoms with Crippen LogP contribution in [0.3, 0.4) is 0 Å². The SMILES string of the molecule is [2H]c1c([2H])c([2H])c(-c2c([2H])c([2H])c([2H])c(-c3c([2H])c([2H])c([2H])c(-n4c5ccccc5c5c(-n6c7ccccc7c7cccc(-n8c9ccccc9c9ccccc98)c76)ccc([2H])c54)c3[2H])c2[2H])c([2H])c1[2H]. The standard InChI is InChI=1S/C54H35N3/c1-2-16-36(17-3-1)37-18-12-19-38(34-37)39-20-13-21-40(35-39)55-49-30-11-7-25-45(49)53-50(55)31-15-32-51(53)57-48-29-10-6-24-43(48)44-26-14-33-52(54(44)57)56-46-27-8-4-22-41(46)42-23-5-9-28-47(42)56/h1-35H/i1D,2D,3D,12D,13D,16D,17D,18D,19D,20D,21D,31D,34D,35D. The molecule has 3 heterocycles. The zero-order chi connectivity index (χ0) is 49.6. The third-order valence-electron chi connectivity index (χ3n) is 10.8. The molecule has 0 fully saturated rings. The van der Waals surface area contributed by atoms with Crippen LogP contribution < -0.4 is 0 Å². The fraction of sp³-hybridized carbons (Fsp3) is 0. The van der Waals surface area contributed by atoms with Crippen LogP contribution in [0.4, 0.5) is 0 Å². The van der Waals surface area contributed by atoms with Crippen LogP contribution in [0.15, 0.2) is 212 Å². The van der Waals surface area contributed by atoms with E-state index in [1.165, 1.54) is 4.57 Å². The highest BCUT2D eigenvalue weighted by atomic mass is 15.1. The van der Waals surface area contributed by atoms with Crippen molar-refractivity contribution in [3.05, 3.63) is 212 Å². The van der Waals surface area contributed by atoms with E-state index in [9.17, 15) is 8.22 Å². The minimum Gasteiger partial charge on any atom is -0.309 e. The lowest BCUT2D eigenvalue weighted by molar-refractivity contribution is 1.14. The average Bonchev–Trinajstić information content (AvgIpc) is 4.03. The van der Waals surface area contributed by atoms with Gasteiger partial charge in [-0.2, -0.15) is 0 Å². The summed E-state index contributed by atoms with van der Waals surface area (Å²) in [6, 6.07) is 32.2. The topological polar surface area (TPSA) is 14.8 Å². The second kappa shape index (κ2) is 12.5. The molecule has 9 aromatic carbocycles. The van der Waals surface area contributed by atoms with Gasteiger partial charge in [-0.05, 0) is 82.8 Å². The Morgan fingerprint density at radius 3 is 1.53 bits per heavy atom. The summed E-state index contributed by atoms with van der Waals surface area (Å²) in [7, 11) is 0. The third kappa shape index (κ3) is 4.73. The van der Waals surface area contributed by atoms with Gasteiger partial charge in [0.15, 0.2) is 0 Å². The van der Waals surface area contributed by atoms with Crippen LogP contribution in [0.1, 0.15) is 19.2 Å². The number of nitrogens with zero attached hydrogens (tertiary/aromatic N) is 3. The van der Waals surface area contributed by atoms with Gasteiger partial charge in [0.25, 0.3) is 0 Å². The highest BCUT2D eigenvalue weighted by molar-refractivity contribution is 6.18. The molecule has 3 heteroatoms. The summed E-state index contributed by atoms with van der Waals surface area (Å²) in [4.78, 5) is 0. The predicted molar refractivity (Wildman–Crippen MR) is 240 cm³/mol. The molecule has 0 amide bonds. The number of rotatable bonds is 5. The molecule has 0 aliphatic rings. The molecular weight excluding hydrogens is 691 g/mol. The van der Waals surface area contributed by atoms with Crippen molar-refractivity contribution in [1.82, 2.24) is 13.7 Å². The van der Waals surface area contributed by atoms with Gasteiger partial charge in [-0.15, -0.1) is 0 Å². The van der Waals surface area contributed by atoms with Crippen LogP contribution in [0.25, 0.3) is 105 Å². The number of hydrogen-bond donors (Lipinski definition) is 0. The second-order valence-corrected chi connectivity index (χ2v) is 13.8. The maximum atomic E-state index is 9.93. The van der Waals surface area contributed by atoms with Crippen molar-refractivity contribution in [2.24, 2.45) is 0 Å². The van der Waals surface area contributed by atoms with E-state index < -0.39 is 101 Å². The highest BCUT2D eigenvalue weighted by Gasteiger charge is 2.23. The second-order valence-electron chi connectivity index (χ2n) is 13.8. The monoisotopic (exact) mass is 739 g/mol. The average molecular weight is 740 g/mol. The Hall–Kier alpha value is -7.62. The molecule has 0 saturated heterocycles.